The van der Waals surface area contributed by atoms with E-state index in [2.05, 4.69) is 15.3 Å². The summed E-state index contributed by atoms with van der Waals surface area (Å²) in [5.74, 6) is 0.411. The van der Waals surface area contributed by atoms with Gasteiger partial charge in [-0.2, -0.15) is 4.31 Å². The molecule has 1 aliphatic heterocycles. The van der Waals surface area contributed by atoms with Crippen molar-refractivity contribution in [3.8, 4) is 5.75 Å². The Morgan fingerprint density at radius 2 is 1.77 bits per heavy atom. The van der Waals surface area contributed by atoms with Crippen LogP contribution in [0.15, 0.2) is 22.4 Å². The fraction of sp³-hybridized carbons (Fsp3) is 0.500. The molecule has 0 N–H and O–H groups in total. The summed E-state index contributed by atoms with van der Waals surface area (Å²) in [5, 5.41) is 3.13. The molecule has 2 aromatic rings. The molecule has 0 unspecified atom stereocenters. The highest BCUT2D eigenvalue weighted by Gasteiger charge is 2.31. The minimum Gasteiger partial charge on any atom is -0.495 e. The molecular weight excluding hydrogens is 370 g/mol. The van der Waals surface area contributed by atoms with Crippen molar-refractivity contribution in [2.24, 2.45) is 0 Å². The van der Waals surface area contributed by atoms with Gasteiger partial charge in [0, 0.05) is 38.1 Å². The molecule has 0 amide bonds. The maximum atomic E-state index is 13.1. The lowest BCUT2D eigenvalue weighted by Crippen LogP contribution is -2.48. The number of aromatic nitrogens is 1. The number of benzene rings is 1. The first-order valence-electron chi connectivity index (χ1n) is 8.60. The number of thiazole rings is 1. The number of aryl methyl sites for hydroxylation is 3. The van der Waals surface area contributed by atoms with Gasteiger partial charge in [0.25, 0.3) is 0 Å². The summed E-state index contributed by atoms with van der Waals surface area (Å²) in [6, 6.07) is 3.51. The molecule has 6 nitrogen and oxygen atoms in total. The highest BCUT2D eigenvalue weighted by molar-refractivity contribution is 7.89. The molecule has 26 heavy (non-hydrogen) atoms. The molecule has 2 heterocycles. The molecular formula is C18H25N3O3S2. The first-order valence-corrected chi connectivity index (χ1v) is 10.9. The molecule has 0 saturated carbocycles. The van der Waals surface area contributed by atoms with Crippen LogP contribution in [0.25, 0.3) is 0 Å². The van der Waals surface area contributed by atoms with Crippen molar-refractivity contribution in [1.29, 1.82) is 0 Å². The Bertz CT molecular complexity index is 885. The summed E-state index contributed by atoms with van der Waals surface area (Å²) in [6.45, 7) is 8.98. The van der Waals surface area contributed by atoms with Crippen LogP contribution in [0.2, 0.25) is 0 Å². The van der Waals surface area contributed by atoms with E-state index in [1.807, 2.05) is 20.8 Å². The van der Waals surface area contributed by atoms with E-state index in [0.29, 0.717) is 31.9 Å². The van der Waals surface area contributed by atoms with E-state index >= 15 is 0 Å². The third-order valence-electron chi connectivity index (χ3n) is 4.78. The smallest absolute Gasteiger partial charge is 0.246 e. The molecule has 8 heteroatoms. The molecule has 3 rings (SSSR count). The molecule has 0 radical (unpaired) electrons. The zero-order chi connectivity index (χ0) is 18.9. The van der Waals surface area contributed by atoms with Gasteiger partial charge in [-0.15, -0.1) is 11.3 Å². The Labute approximate surface area is 159 Å². The van der Waals surface area contributed by atoms with Crippen molar-refractivity contribution >= 4 is 21.4 Å². The molecule has 142 valence electrons. The molecule has 1 saturated heterocycles. The molecule has 0 atom stereocenters. The Morgan fingerprint density at radius 3 is 2.35 bits per heavy atom. The van der Waals surface area contributed by atoms with Gasteiger partial charge >= 0.3 is 0 Å². The van der Waals surface area contributed by atoms with Crippen LogP contribution in [-0.2, 0) is 16.6 Å². The maximum Gasteiger partial charge on any atom is 0.246 e. The Kier molecular flexibility index (Phi) is 5.67. The summed E-state index contributed by atoms with van der Waals surface area (Å²) in [7, 11) is -2.06. The van der Waals surface area contributed by atoms with Crippen molar-refractivity contribution in [3.63, 3.8) is 0 Å². The zero-order valence-electron chi connectivity index (χ0n) is 15.7. The van der Waals surface area contributed by atoms with Gasteiger partial charge in [-0.1, -0.05) is 0 Å². The number of rotatable bonds is 5. The van der Waals surface area contributed by atoms with Gasteiger partial charge in [0.2, 0.25) is 10.0 Å². The van der Waals surface area contributed by atoms with Crippen LogP contribution >= 0.6 is 11.3 Å². The maximum absolute atomic E-state index is 13.1. The van der Waals surface area contributed by atoms with E-state index in [9.17, 15) is 8.42 Å². The van der Waals surface area contributed by atoms with Crippen LogP contribution in [0.5, 0.6) is 5.75 Å². The van der Waals surface area contributed by atoms with Crippen LogP contribution in [-0.4, -0.2) is 55.9 Å². The highest BCUT2D eigenvalue weighted by atomic mass is 32.2. The van der Waals surface area contributed by atoms with E-state index in [-0.39, 0.29) is 4.90 Å². The van der Waals surface area contributed by atoms with E-state index in [1.54, 1.807) is 27.8 Å². The quantitative estimate of drug-likeness (QED) is 0.779. The van der Waals surface area contributed by atoms with Crippen molar-refractivity contribution < 1.29 is 13.2 Å². The van der Waals surface area contributed by atoms with Crippen molar-refractivity contribution in [2.75, 3.05) is 33.3 Å². The Balaban J connectivity index is 1.73. The number of piperazine rings is 1. The second-order valence-corrected chi connectivity index (χ2v) is 9.59. The minimum absolute atomic E-state index is 0.256. The zero-order valence-corrected chi connectivity index (χ0v) is 17.3. The van der Waals surface area contributed by atoms with Crippen molar-refractivity contribution in [1.82, 2.24) is 14.2 Å². The van der Waals surface area contributed by atoms with Gasteiger partial charge < -0.3 is 4.74 Å². The highest BCUT2D eigenvalue weighted by Crippen LogP contribution is 2.30. The Hall–Kier alpha value is -1.48. The molecule has 1 aromatic heterocycles. The third kappa shape index (κ3) is 3.93. The number of methoxy groups -OCH3 is 1. The lowest BCUT2D eigenvalue weighted by molar-refractivity contribution is 0.180. The summed E-state index contributed by atoms with van der Waals surface area (Å²) in [4.78, 5) is 6.99. The van der Waals surface area contributed by atoms with Crippen LogP contribution in [0.1, 0.15) is 21.8 Å². The van der Waals surface area contributed by atoms with Gasteiger partial charge in [0.15, 0.2) is 0 Å². The fourth-order valence-corrected chi connectivity index (χ4v) is 5.35. The lowest BCUT2D eigenvalue weighted by atomic mass is 10.1. The number of hydrogen-bond acceptors (Lipinski definition) is 6. The molecule has 1 aliphatic rings. The average molecular weight is 396 g/mol. The van der Waals surface area contributed by atoms with E-state index < -0.39 is 10.0 Å². The molecule has 0 aliphatic carbocycles. The lowest BCUT2D eigenvalue weighted by Gasteiger charge is -2.33. The van der Waals surface area contributed by atoms with Crippen molar-refractivity contribution in [3.05, 3.63) is 39.3 Å². The summed E-state index contributed by atoms with van der Waals surface area (Å²) in [6.07, 6.45) is 0. The van der Waals surface area contributed by atoms with E-state index in [4.69, 9.17) is 4.74 Å². The van der Waals surface area contributed by atoms with Crippen LogP contribution in [0, 0.1) is 20.8 Å². The number of sulfonamides is 1. The number of nitrogens with zero attached hydrogens (tertiary/aromatic N) is 3. The van der Waals surface area contributed by atoms with Gasteiger partial charge in [-0.25, -0.2) is 13.4 Å². The second-order valence-electron chi connectivity index (χ2n) is 6.63. The molecule has 1 aromatic carbocycles. The number of ether oxygens (including phenoxy) is 1. The van der Waals surface area contributed by atoms with Gasteiger partial charge in [-0.05, 0) is 44.0 Å². The number of hydrogen-bond donors (Lipinski definition) is 0. The summed E-state index contributed by atoms with van der Waals surface area (Å²) in [5.41, 5.74) is 3.02. The van der Waals surface area contributed by atoms with Crippen LogP contribution in [0.3, 0.4) is 0 Å². The van der Waals surface area contributed by atoms with Crippen molar-refractivity contribution in [2.45, 2.75) is 32.2 Å². The average Bonchev–Trinajstić information content (AvgIpc) is 3.02. The predicted octanol–water partition coefficient (Wildman–Crippen LogP) is 2.58. The SMILES string of the molecule is COc1cc(C)c(C)cc1S(=O)(=O)N1CCN(Cc2csc(C)n2)CC1. The fourth-order valence-electron chi connectivity index (χ4n) is 3.10. The van der Waals surface area contributed by atoms with Crippen LogP contribution < -0.4 is 4.74 Å². The standard InChI is InChI=1S/C18H25N3O3S2/c1-13-9-17(24-4)18(10-14(13)2)26(22,23)21-7-5-20(6-8-21)11-16-12-25-15(3)19-16/h9-10,12H,5-8,11H2,1-4H3. The minimum atomic E-state index is -3.57. The third-order valence-corrected chi connectivity index (χ3v) is 7.52. The second kappa shape index (κ2) is 7.64. The predicted molar refractivity (Wildman–Crippen MR) is 103 cm³/mol. The topological polar surface area (TPSA) is 62.7 Å². The van der Waals surface area contributed by atoms with Gasteiger partial charge in [0.1, 0.15) is 10.6 Å². The Morgan fingerprint density at radius 1 is 1.12 bits per heavy atom. The molecule has 1 fully saturated rings. The van der Waals surface area contributed by atoms with Gasteiger partial charge in [0.05, 0.1) is 17.8 Å². The van der Waals surface area contributed by atoms with Gasteiger partial charge in [-0.3, -0.25) is 4.90 Å². The van der Waals surface area contributed by atoms with E-state index in [0.717, 1.165) is 28.4 Å². The summed E-state index contributed by atoms with van der Waals surface area (Å²) < 4.78 is 33.1. The van der Waals surface area contributed by atoms with E-state index in [1.165, 1.54) is 7.11 Å². The monoisotopic (exact) mass is 395 g/mol. The van der Waals surface area contributed by atoms with Crippen LogP contribution in [0.4, 0.5) is 0 Å². The normalized spacial score (nSPS) is 16.8. The molecule has 0 bridgehead atoms. The first kappa shape index (κ1) is 19.3. The first-order chi connectivity index (χ1) is 12.3. The molecule has 0 spiro atoms. The largest absolute Gasteiger partial charge is 0.495 e. The summed E-state index contributed by atoms with van der Waals surface area (Å²) >= 11 is 1.64.